The zero-order chi connectivity index (χ0) is 20.6. The molecule has 1 aromatic carbocycles. The minimum atomic E-state index is -3.97. The van der Waals surface area contributed by atoms with Crippen molar-refractivity contribution in [3.05, 3.63) is 41.2 Å². The monoisotopic (exact) mass is 392 g/mol. The summed E-state index contributed by atoms with van der Waals surface area (Å²) in [5, 5.41) is 7.04. The Bertz CT molecular complexity index is 939. The summed E-state index contributed by atoms with van der Waals surface area (Å²) in [6, 6.07) is 7.06. The summed E-state index contributed by atoms with van der Waals surface area (Å²) in [5.74, 6) is -0.370. The SMILES string of the molecule is Cc1ccc(N(CC(=O)NC(C)(C)C)S(=O)(=O)c2c(C)nn(C)c2C)cc1. The molecule has 0 bridgehead atoms. The molecule has 0 spiro atoms. The Morgan fingerprint density at radius 2 is 1.70 bits per heavy atom. The minimum absolute atomic E-state index is 0.133. The number of hydrogen-bond donors (Lipinski definition) is 1. The van der Waals surface area contributed by atoms with Gasteiger partial charge >= 0.3 is 0 Å². The van der Waals surface area contributed by atoms with E-state index in [0.29, 0.717) is 17.1 Å². The number of aromatic nitrogens is 2. The fourth-order valence-corrected chi connectivity index (χ4v) is 4.68. The van der Waals surface area contributed by atoms with Crippen LogP contribution in [0, 0.1) is 20.8 Å². The average molecular weight is 393 g/mol. The van der Waals surface area contributed by atoms with Crippen LogP contribution in [-0.4, -0.2) is 36.2 Å². The van der Waals surface area contributed by atoms with E-state index in [1.54, 1.807) is 33.0 Å². The number of nitrogens with zero attached hydrogens (tertiary/aromatic N) is 3. The van der Waals surface area contributed by atoms with Gasteiger partial charge in [0.2, 0.25) is 5.91 Å². The number of benzene rings is 1. The first kappa shape index (κ1) is 21.0. The second-order valence-electron chi connectivity index (χ2n) is 7.77. The van der Waals surface area contributed by atoms with Gasteiger partial charge < -0.3 is 5.32 Å². The number of anilines is 1. The predicted molar refractivity (Wildman–Crippen MR) is 106 cm³/mol. The Balaban J connectivity index is 2.54. The number of amides is 1. The lowest BCUT2D eigenvalue weighted by Crippen LogP contribution is -2.47. The van der Waals surface area contributed by atoms with E-state index in [1.807, 2.05) is 39.8 Å². The van der Waals surface area contributed by atoms with Crippen molar-refractivity contribution in [3.63, 3.8) is 0 Å². The number of hydrogen-bond acceptors (Lipinski definition) is 4. The number of carbonyl (C=O) groups is 1. The molecule has 0 saturated carbocycles. The van der Waals surface area contributed by atoms with Crippen molar-refractivity contribution in [3.8, 4) is 0 Å². The molecule has 1 aromatic heterocycles. The number of aryl methyl sites for hydroxylation is 3. The van der Waals surface area contributed by atoms with Gasteiger partial charge in [0.1, 0.15) is 11.4 Å². The smallest absolute Gasteiger partial charge is 0.268 e. The van der Waals surface area contributed by atoms with Crippen LogP contribution < -0.4 is 9.62 Å². The molecule has 0 saturated heterocycles. The van der Waals surface area contributed by atoms with Crippen LogP contribution in [0.4, 0.5) is 5.69 Å². The second kappa shape index (κ2) is 7.34. The van der Waals surface area contributed by atoms with Crippen molar-refractivity contribution in [2.45, 2.75) is 52.0 Å². The molecular weight excluding hydrogens is 364 g/mol. The predicted octanol–water partition coefficient (Wildman–Crippen LogP) is 2.46. The van der Waals surface area contributed by atoms with Crippen LogP contribution in [0.25, 0.3) is 0 Å². The van der Waals surface area contributed by atoms with Crippen LogP contribution in [0.1, 0.15) is 37.7 Å². The Hall–Kier alpha value is -2.35. The van der Waals surface area contributed by atoms with Crippen LogP contribution in [0.2, 0.25) is 0 Å². The molecule has 2 aromatic rings. The highest BCUT2D eigenvalue weighted by molar-refractivity contribution is 7.93. The average Bonchev–Trinajstić information content (AvgIpc) is 2.77. The quantitative estimate of drug-likeness (QED) is 0.847. The standard InChI is InChI=1S/C19H28N4O3S/c1-13-8-10-16(11-9-13)23(12-17(24)20-19(4,5)6)27(25,26)18-14(2)21-22(7)15(18)3/h8-11H,12H2,1-7H3,(H,20,24). The Morgan fingerprint density at radius 3 is 2.15 bits per heavy atom. The molecule has 0 atom stereocenters. The van der Waals surface area contributed by atoms with E-state index in [0.717, 1.165) is 9.87 Å². The first-order chi connectivity index (χ1) is 12.3. The molecule has 2 rings (SSSR count). The fraction of sp³-hybridized carbons (Fsp3) is 0.474. The summed E-state index contributed by atoms with van der Waals surface area (Å²) in [4.78, 5) is 12.7. The van der Waals surface area contributed by atoms with E-state index in [2.05, 4.69) is 10.4 Å². The van der Waals surface area contributed by atoms with Gasteiger partial charge in [-0.05, 0) is 53.7 Å². The molecule has 27 heavy (non-hydrogen) atoms. The molecular formula is C19H28N4O3S. The van der Waals surface area contributed by atoms with E-state index in [1.165, 1.54) is 4.68 Å². The third kappa shape index (κ3) is 4.68. The highest BCUT2D eigenvalue weighted by atomic mass is 32.2. The zero-order valence-electron chi connectivity index (χ0n) is 17.0. The second-order valence-corrected chi connectivity index (χ2v) is 9.57. The van der Waals surface area contributed by atoms with Gasteiger partial charge in [-0.3, -0.25) is 13.8 Å². The summed E-state index contributed by atoms with van der Waals surface area (Å²) in [5.41, 5.74) is 1.92. The van der Waals surface area contributed by atoms with Gasteiger partial charge in [0, 0.05) is 12.6 Å². The summed E-state index contributed by atoms with van der Waals surface area (Å²) >= 11 is 0. The highest BCUT2D eigenvalue weighted by Gasteiger charge is 2.33. The van der Waals surface area contributed by atoms with Gasteiger partial charge in [-0.1, -0.05) is 17.7 Å². The van der Waals surface area contributed by atoms with Crippen molar-refractivity contribution in [1.29, 1.82) is 0 Å². The van der Waals surface area contributed by atoms with E-state index >= 15 is 0 Å². The maximum Gasteiger partial charge on any atom is 0.268 e. The molecule has 0 aliphatic heterocycles. The van der Waals surface area contributed by atoms with Gasteiger partial charge in [0.25, 0.3) is 10.0 Å². The van der Waals surface area contributed by atoms with Gasteiger partial charge in [0.15, 0.2) is 0 Å². The minimum Gasteiger partial charge on any atom is -0.350 e. The van der Waals surface area contributed by atoms with Gasteiger partial charge in [-0.15, -0.1) is 0 Å². The maximum absolute atomic E-state index is 13.5. The molecule has 7 nitrogen and oxygen atoms in total. The van der Waals surface area contributed by atoms with Crippen molar-refractivity contribution in [1.82, 2.24) is 15.1 Å². The number of sulfonamides is 1. The lowest BCUT2D eigenvalue weighted by atomic mass is 10.1. The van der Waals surface area contributed by atoms with Crippen LogP contribution in [-0.2, 0) is 21.9 Å². The van der Waals surface area contributed by atoms with Gasteiger partial charge in [-0.2, -0.15) is 5.10 Å². The molecule has 0 unspecified atom stereocenters. The largest absolute Gasteiger partial charge is 0.350 e. The molecule has 1 heterocycles. The lowest BCUT2D eigenvalue weighted by Gasteiger charge is -2.27. The number of rotatable bonds is 5. The first-order valence-corrected chi connectivity index (χ1v) is 10.2. The van der Waals surface area contributed by atoms with Crippen molar-refractivity contribution in [2.75, 3.05) is 10.8 Å². The van der Waals surface area contributed by atoms with E-state index in [9.17, 15) is 13.2 Å². The molecule has 1 amide bonds. The molecule has 148 valence electrons. The maximum atomic E-state index is 13.5. The molecule has 1 N–H and O–H groups in total. The molecule has 0 radical (unpaired) electrons. The Kier molecular flexibility index (Phi) is 5.70. The van der Waals surface area contributed by atoms with Gasteiger partial charge in [-0.25, -0.2) is 8.42 Å². The molecule has 0 aliphatic carbocycles. The third-order valence-corrected chi connectivity index (χ3v) is 6.14. The molecule has 0 fully saturated rings. The lowest BCUT2D eigenvalue weighted by molar-refractivity contribution is -0.121. The Labute approximate surface area is 161 Å². The summed E-state index contributed by atoms with van der Waals surface area (Å²) in [6.07, 6.45) is 0. The van der Waals surface area contributed by atoms with E-state index in [4.69, 9.17) is 0 Å². The van der Waals surface area contributed by atoms with Crippen molar-refractivity contribution < 1.29 is 13.2 Å². The topological polar surface area (TPSA) is 84.3 Å². The summed E-state index contributed by atoms with van der Waals surface area (Å²) < 4.78 is 29.6. The highest BCUT2D eigenvalue weighted by Crippen LogP contribution is 2.28. The summed E-state index contributed by atoms with van der Waals surface area (Å²) in [7, 11) is -2.27. The van der Waals surface area contributed by atoms with Crippen LogP contribution in [0.15, 0.2) is 29.2 Å². The van der Waals surface area contributed by atoms with Crippen molar-refractivity contribution >= 4 is 21.6 Å². The molecule has 0 aliphatic rings. The van der Waals surface area contributed by atoms with Crippen LogP contribution in [0.5, 0.6) is 0 Å². The fourth-order valence-electron chi connectivity index (χ4n) is 2.85. The van der Waals surface area contributed by atoms with Crippen molar-refractivity contribution in [2.24, 2.45) is 7.05 Å². The molecule has 8 heteroatoms. The number of nitrogens with one attached hydrogen (secondary N) is 1. The van der Waals surface area contributed by atoms with Gasteiger partial charge in [0.05, 0.1) is 17.1 Å². The van der Waals surface area contributed by atoms with Crippen LogP contribution >= 0.6 is 0 Å². The first-order valence-electron chi connectivity index (χ1n) is 8.73. The van der Waals surface area contributed by atoms with E-state index in [-0.39, 0.29) is 17.3 Å². The summed E-state index contributed by atoms with van der Waals surface area (Å²) in [6.45, 7) is 10.5. The normalized spacial score (nSPS) is 12.1. The zero-order valence-corrected chi connectivity index (χ0v) is 17.8. The third-order valence-electron chi connectivity index (χ3n) is 4.11. The van der Waals surface area contributed by atoms with E-state index < -0.39 is 15.6 Å². The number of carbonyl (C=O) groups excluding carboxylic acids is 1. The van der Waals surface area contributed by atoms with Crippen LogP contribution in [0.3, 0.4) is 0 Å². The Morgan fingerprint density at radius 1 is 1.15 bits per heavy atom.